The van der Waals surface area contributed by atoms with Gasteiger partial charge in [-0.2, -0.15) is 13.2 Å². The third-order valence-electron chi connectivity index (χ3n) is 4.18. The van der Waals surface area contributed by atoms with Crippen molar-refractivity contribution in [3.8, 4) is 5.75 Å². The summed E-state index contributed by atoms with van der Waals surface area (Å²) in [6, 6.07) is 2.60. The molecule has 1 N–H and O–H groups in total. The average molecular weight is 493 g/mol. The standard InChI is InChI=1S/C15H11Cl3F3N3O4S/c1-28-9-3-2-6(16)4-10(9)29(26,27)23-13(25)11-12(17)24(14(18)22-11)8-5-7(8)15(19,20)21/h2-4,7-8H,5H2,1H3,(H,23,25). The van der Waals surface area contributed by atoms with Crippen molar-refractivity contribution in [1.29, 1.82) is 0 Å². The predicted molar refractivity (Wildman–Crippen MR) is 98.1 cm³/mol. The van der Waals surface area contributed by atoms with Crippen molar-refractivity contribution in [2.24, 2.45) is 5.92 Å². The molecule has 2 unspecified atom stereocenters. The van der Waals surface area contributed by atoms with Crippen molar-refractivity contribution in [3.05, 3.63) is 39.4 Å². The van der Waals surface area contributed by atoms with Crippen LogP contribution in [0.5, 0.6) is 5.75 Å². The highest BCUT2D eigenvalue weighted by Crippen LogP contribution is 2.55. The van der Waals surface area contributed by atoms with E-state index in [1.807, 2.05) is 0 Å². The van der Waals surface area contributed by atoms with Crippen molar-refractivity contribution in [2.75, 3.05) is 7.11 Å². The van der Waals surface area contributed by atoms with Gasteiger partial charge in [0.25, 0.3) is 15.9 Å². The molecule has 1 aliphatic carbocycles. The van der Waals surface area contributed by atoms with Crippen molar-refractivity contribution in [1.82, 2.24) is 14.3 Å². The summed E-state index contributed by atoms with van der Waals surface area (Å²) in [6.45, 7) is 0. The lowest BCUT2D eigenvalue weighted by atomic mass is 10.3. The molecule has 1 aromatic carbocycles. The van der Waals surface area contributed by atoms with E-state index in [2.05, 4.69) is 4.98 Å². The molecule has 0 aliphatic heterocycles. The van der Waals surface area contributed by atoms with Crippen molar-refractivity contribution >= 4 is 50.7 Å². The van der Waals surface area contributed by atoms with Crippen LogP contribution in [0.2, 0.25) is 15.5 Å². The first-order valence-electron chi connectivity index (χ1n) is 7.77. The topological polar surface area (TPSA) is 90.3 Å². The van der Waals surface area contributed by atoms with Crippen LogP contribution in [-0.4, -0.2) is 37.2 Å². The number of amides is 1. The normalized spacial score (nSPS) is 19.1. The summed E-state index contributed by atoms with van der Waals surface area (Å²) >= 11 is 17.6. The van der Waals surface area contributed by atoms with Gasteiger partial charge in [0.05, 0.1) is 13.0 Å². The summed E-state index contributed by atoms with van der Waals surface area (Å²) in [5.41, 5.74) is -0.630. The number of halogens is 6. The summed E-state index contributed by atoms with van der Waals surface area (Å²) in [4.78, 5) is 15.6. The van der Waals surface area contributed by atoms with Crippen LogP contribution in [0.1, 0.15) is 23.0 Å². The molecule has 1 aliphatic rings. The summed E-state index contributed by atoms with van der Waals surface area (Å²) in [6.07, 6.45) is -4.74. The third-order valence-corrected chi connectivity index (χ3v) is 6.39. The first-order valence-corrected chi connectivity index (χ1v) is 10.4. The van der Waals surface area contributed by atoms with E-state index in [-0.39, 0.29) is 17.2 Å². The molecular formula is C15H11Cl3F3N3O4S. The first kappa shape index (κ1) is 22.0. The Morgan fingerprint density at radius 3 is 2.52 bits per heavy atom. The largest absolute Gasteiger partial charge is 0.495 e. The fourth-order valence-corrected chi connectivity index (χ4v) is 4.78. The van der Waals surface area contributed by atoms with E-state index in [4.69, 9.17) is 39.5 Å². The number of nitrogens with one attached hydrogen (secondary N) is 1. The fourth-order valence-electron chi connectivity index (χ4n) is 2.72. The van der Waals surface area contributed by atoms with Crippen molar-refractivity contribution < 1.29 is 31.1 Å². The maximum atomic E-state index is 12.8. The van der Waals surface area contributed by atoms with E-state index in [0.717, 1.165) is 10.6 Å². The number of ether oxygens (including phenoxy) is 1. The van der Waals surface area contributed by atoms with Crippen LogP contribution in [0.4, 0.5) is 13.2 Å². The van der Waals surface area contributed by atoms with Crippen molar-refractivity contribution in [2.45, 2.75) is 23.5 Å². The van der Waals surface area contributed by atoms with Gasteiger partial charge in [0, 0.05) is 11.1 Å². The van der Waals surface area contributed by atoms with Crippen LogP contribution in [0.3, 0.4) is 0 Å². The summed E-state index contributed by atoms with van der Waals surface area (Å²) in [5.74, 6) is -3.04. The minimum absolute atomic E-state index is 0.0657. The van der Waals surface area contributed by atoms with Gasteiger partial charge in [-0.3, -0.25) is 4.79 Å². The second kappa shape index (κ2) is 7.53. The molecule has 2 aromatic rings. The van der Waals surface area contributed by atoms with Crippen molar-refractivity contribution in [3.63, 3.8) is 0 Å². The van der Waals surface area contributed by atoms with Crippen LogP contribution < -0.4 is 9.46 Å². The number of nitrogens with zero attached hydrogens (tertiary/aromatic N) is 2. The van der Waals surface area contributed by atoms with Gasteiger partial charge >= 0.3 is 6.18 Å². The number of benzene rings is 1. The van der Waals surface area contributed by atoms with Gasteiger partial charge in [0.15, 0.2) is 5.69 Å². The Bertz CT molecular complexity index is 1090. The number of imidazole rings is 1. The van der Waals surface area contributed by atoms with Gasteiger partial charge in [-0.25, -0.2) is 18.1 Å². The SMILES string of the molecule is COc1ccc(Cl)cc1S(=O)(=O)NC(=O)c1nc(Cl)n(C2CC2C(F)(F)F)c1Cl. The molecule has 29 heavy (non-hydrogen) atoms. The van der Waals surface area contributed by atoms with E-state index in [9.17, 15) is 26.4 Å². The molecule has 0 spiro atoms. The molecule has 1 saturated carbocycles. The van der Waals surface area contributed by atoms with E-state index < -0.39 is 55.1 Å². The van der Waals surface area contributed by atoms with Gasteiger partial charge in [-0.05, 0) is 36.2 Å². The molecule has 7 nitrogen and oxygen atoms in total. The summed E-state index contributed by atoms with van der Waals surface area (Å²) in [7, 11) is -3.25. The first-order chi connectivity index (χ1) is 13.4. The number of methoxy groups -OCH3 is 1. The molecular weight excluding hydrogens is 482 g/mol. The summed E-state index contributed by atoms with van der Waals surface area (Å²) < 4.78 is 71.1. The molecule has 1 aromatic heterocycles. The highest BCUT2D eigenvalue weighted by molar-refractivity contribution is 7.90. The zero-order valence-electron chi connectivity index (χ0n) is 14.3. The Hall–Kier alpha value is -1.69. The van der Waals surface area contributed by atoms with E-state index in [0.29, 0.717) is 0 Å². The monoisotopic (exact) mass is 491 g/mol. The van der Waals surface area contributed by atoms with Crippen LogP contribution in [0.25, 0.3) is 0 Å². The Kier molecular flexibility index (Phi) is 5.71. The number of carbonyl (C=O) groups is 1. The molecule has 0 radical (unpaired) electrons. The maximum Gasteiger partial charge on any atom is 0.393 e. The average Bonchev–Trinajstić information content (AvgIpc) is 3.34. The van der Waals surface area contributed by atoms with Crippen LogP contribution in [-0.2, 0) is 10.0 Å². The van der Waals surface area contributed by atoms with Gasteiger partial charge < -0.3 is 9.30 Å². The van der Waals surface area contributed by atoms with Gasteiger partial charge in [0.2, 0.25) is 5.28 Å². The lowest BCUT2D eigenvalue weighted by molar-refractivity contribution is -0.150. The number of alkyl halides is 3. The third kappa shape index (κ3) is 4.27. The second-order valence-electron chi connectivity index (χ2n) is 6.07. The van der Waals surface area contributed by atoms with Crippen LogP contribution in [0, 0.1) is 5.92 Å². The van der Waals surface area contributed by atoms with E-state index in [1.54, 1.807) is 4.72 Å². The predicted octanol–water partition coefficient (Wildman–Crippen LogP) is 4.09. The quantitative estimate of drug-likeness (QED) is 0.679. The molecule has 1 fully saturated rings. The number of hydrogen-bond donors (Lipinski definition) is 1. The highest BCUT2D eigenvalue weighted by atomic mass is 35.5. The molecule has 158 valence electrons. The van der Waals surface area contributed by atoms with Gasteiger partial charge in [-0.1, -0.05) is 23.2 Å². The number of hydrogen-bond acceptors (Lipinski definition) is 5. The molecule has 1 heterocycles. The number of carbonyl (C=O) groups excluding carboxylic acids is 1. The second-order valence-corrected chi connectivity index (χ2v) is 8.85. The Morgan fingerprint density at radius 2 is 1.97 bits per heavy atom. The van der Waals surface area contributed by atoms with Gasteiger partial charge in [-0.15, -0.1) is 0 Å². The summed E-state index contributed by atoms with van der Waals surface area (Å²) in [5, 5.41) is -0.900. The zero-order valence-corrected chi connectivity index (χ0v) is 17.4. The Balaban J connectivity index is 1.89. The molecule has 14 heteroatoms. The number of aromatic nitrogens is 2. The van der Waals surface area contributed by atoms with E-state index >= 15 is 0 Å². The smallest absolute Gasteiger partial charge is 0.393 e. The van der Waals surface area contributed by atoms with Crippen LogP contribution in [0.15, 0.2) is 23.1 Å². The molecule has 3 rings (SSSR count). The minimum atomic E-state index is -4.47. The molecule has 2 atom stereocenters. The fraction of sp³-hybridized carbons (Fsp3) is 0.333. The number of rotatable bonds is 5. The Labute approximate surface area is 177 Å². The van der Waals surface area contributed by atoms with Crippen LogP contribution >= 0.6 is 34.8 Å². The molecule has 0 saturated heterocycles. The number of sulfonamides is 1. The van der Waals surface area contributed by atoms with E-state index in [1.165, 1.54) is 19.2 Å². The lowest BCUT2D eigenvalue weighted by Crippen LogP contribution is -2.31. The molecule has 0 bridgehead atoms. The highest BCUT2D eigenvalue weighted by Gasteiger charge is 2.58. The molecule has 1 amide bonds. The zero-order chi connectivity index (χ0) is 21.7. The minimum Gasteiger partial charge on any atom is -0.495 e. The lowest BCUT2D eigenvalue weighted by Gasteiger charge is -2.11. The Morgan fingerprint density at radius 1 is 1.31 bits per heavy atom. The maximum absolute atomic E-state index is 12.8. The van der Waals surface area contributed by atoms with Gasteiger partial charge in [0.1, 0.15) is 15.8 Å².